The number of ether oxygens (including phenoxy) is 1. The molecule has 0 aliphatic heterocycles. The third-order valence-corrected chi connectivity index (χ3v) is 7.06. The Bertz CT molecular complexity index is 1210. The van der Waals surface area contributed by atoms with Gasteiger partial charge in [0.05, 0.1) is 21.7 Å². The van der Waals surface area contributed by atoms with E-state index in [1.54, 1.807) is 48.7 Å². The van der Waals surface area contributed by atoms with Crippen LogP contribution >= 0.6 is 22.7 Å². The van der Waals surface area contributed by atoms with Crippen LogP contribution in [0.3, 0.4) is 0 Å². The highest BCUT2D eigenvalue weighted by Gasteiger charge is 2.25. The van der Waals surface area contributed by atoms with Gasteiger partial charge in [-0.3, -0.25) is 14.4 Å². The van der Waals surface area contributed by atoms with Gasteiger partial charge in [0.2, 0.25) is 0 Å². The molecule has 0 aliphatic carbocycles. The number of aromatic hydroxyl groups is 1. The molecule has 0 saturated heterocycles. The second-order valence-electron chi connectivity index (χ2n) is 7.54. The minimum Gasteiger partial charge on any atom is -0.508 e. The van der Waals surface area contributed by atoms with Crippen molar-refractivity contribution >= 4 is 46.4 Å². The summed E-state index contributed by atoms with van der Waals surface area (Å²) in [5.41, 5.74) is 1.46. The lowest BCUT2D eigenvalue weighted by Crippen LogP contribution is -2.48. The number of amides is 3. The number of phenolic OH excluding ortho intramolecular Hbond substituents is 1. The Labute approximate surface area is 210 Å². The summed E-state index contributed by atoms with van der Waals surface area (Å²) in [6.45, 7) is 1.90. The number of thiophene rings is 2. The molecule has 1 aromatic carbocycles. The monoisotopic (exact) mass is 515 g/mol. The van der Waals surface area contributed by atoms with Crippen LogP contribution in [-0.4, -0.2) is 55.0 Å². The summed E-state index contributed by atoms with van der Waals surface area (Å²) in [5.74, 6) is -1.78. The predicted octanol–water partition coefficient (Wildman–Crippen LogP) is 2.50. The van der Waals surface area contributed by atoms with Crippen molar-refractivity contribution in [2.75, 3.05) is 20.2 Å². The van der Waals surface area contributed by atoms with Gasteiger partial charge in [-0.25, -0.2) is 4.79 Å². The summed E-state index contributed by atoms with van der Waals surface area (Å²) in [6, 6.07) is 10.7. The molecule has 0 radical (unpaired) electrons. The van der Waals surface area contributed by atoms with Gasteiger partial charge in [-0.05, 0) is 54.1 Å². The van der Waals surface area contributed by atoms with E-state index in [-0.39, 0.29) is 29.0 Å². The highest BCUT2D eigenvalue weighted by Crippen LogP contribution is 2.22. The predicted molar refractivity (Wildman–Crippen MR) is 133 cm³/mol. The second-order valence-corrected chi connectivity index (χ2v) is 9.54. The molecule has 9 nitrogen and oxygen atoms in total. The lowest BCUT2D eigenvalue weighted by molar-refractivity contribution is -0.142. The molecule has 184 valence electrons. The first kappa shape index (κ1) is 25.9. The van der Waals surface area contributed by atoms with E-state index < -0.39 is 17.9 Å². The fraction of sp³-hybridized carbons (Fsp3) is 0.250. The minimum atomic E-state index is -1.10. The van der Waals surface area contributed by atoms with E-state index in [4.69, 9.17) is 4.74 Å². The van der Waals surface area contributed by atoms with Crippen LogP contribution in [0.4, 0.5) is 0 Å². The number of nitrogens with one attached hydrogen (secondary N) is 3. The number of rotatable bonds is 10. The standard InChI is InChI=1S/C24H25N3O6S2/c1-14-11-19(22(30)25-9-8-15-5-3-6-16(28)12-15)35-20(14)23(31)27-17(24(32)33-2)13-26-21(29)18-7-4-10-34-18/h3-7,10-12,17,28H,8-9,13H2,1-2H3,(H,25,30)(H,26,29)(H,27,31)/t17-/m0/s1. The summed E-state index contributed by atoms with van der Waals surface area (Å²) in [4.78, 5) is 50.9. The molecule has 1 atom stereocenters. The topological polar surface area (TPSA) is 134 Å². The third-order valence-electron chi connectivity index (χ3n) is 4.96. The van der Waals surface area contributed by atoms with Crippen molar-refractivity contribution in [3.8, 4) is 5.75 Å². The van der Waals surface area contributed by atoms with E-state index in [1.807, 2.05) is 6.07 Å². The number of esters is 1. The zero-order valence-corrected chi connectivity index (χ0v) is 20.8. The molecule has 2 heterocycles. The molecule has 3 rings (SSSR count). The molecule has 0 bridgehead atoms. The summed E-state index contributed by atoms with van der Waals surface area (Å²) in [6.07, 6.45) is 0.538. The molecule has 11 heteroatoms. The maximum atomic E-state index is 12.9. The first-order chi connectivity index (χ1) is 16.8. The molecule has 3 amide bonds. The molecule has 0 spiro atoms. The van der Waals surface area contributed by atoms with Gasteiger partial charge in [0.1, 0.15) is 11.8 Å². The molecule has 2 aromatic heterocycles. The van der Waals surface area contributed by atoms with E-state index in [1.165, 1.54) is 18.4 Å². The number of aryl methyl sites for hydroxylation is 1. The van der Waals surface area contributed by atoms with Gasteiger partial charge in [-0.15, -0.1) is 22.7 Å². The molecule has 0 aliphatic rings. The summed E-state index contributed by atoms with van der Waals surface area (Å²) in [5, 5.41) is 19.3. The molecule has 35 heavy (non-hydrogen) atoms. The van der Waals surface area contributed by atoms with Crippen molar-refractivity contribution in [1.82, 2.24) is 16.0 Å². The van der Waals surface area contributed by atoms with Crippen molar-refractivity contribution in [1.29, 1.82) is 0 Å². The summed E-state index contributed by atoms with van der Waals surface area (Å²) in [7, 11) is 1.19. The van der Waals surface area contributed by atoms with E-state index in [2.05, 4.69) is 16.0 Å². The number of hydrogen-bond acceptors (Lipinski definition) is 8. The van der Waals surface area contributed by atoms with E-state index in [0.717, 1.165) is 16.9 Å². The molecule has 4 N–H and O–H groups in total. The van der Waals surface area contributed by atoms with Crippen molar-refractivity contribution in [3.63, 3.8) is 0 Å². The van der Waals surface area contributed by atoms with Gasteiger partial charge in [-0.1, -0.05) is 18.2 Å². The smallest absolute Gasteiger partial charge is 0.330 e. The van der Waals surface area contributed by atoms with E-state index in [9.17, 15) is 24.3 Å². The van der Waals surface area contributed by atoms with Crippen LogP contribution in [0.5, 0.6) is 5.75 Å². The van der Waals surface area contributed by atoms with E-state index >= 15 is 0 Å². The summed E-state index contributed by atoms with van der Waals surface area (Å²) < 4.78 is 4.76. The zero-order valence-electron chi connectivity index (χ0n) is 19.1. The van der Waals surface area contributed by atoms with E-state index in [0.29, 0.717) is 28.3 Å². The van der Waals surface area contributed by atoms with Crippen molar-refractivity contribution in [3.05, 3.63) is 73.6 Å². The van der Waals surface area contributed by atoms with Crippen LogP contribution in [0.2, 0.25) is 0 Å². The van der Waals surface area contributed by atoms with Gasteiger partial charge in [0, 0.05) is 13.1 Å². The molecule has 0 fully saturated rings. The third kappa shape index (κ3) is 7.14. The number of carbonyl (C=O) groups excluding carboxylic acids is 4. The van der Waals surface area contributed by atoms with Gasteiger partial charge in [0.15, 0.2) is 0 Å². The first-order valence-electron chi connectivity index (χ1n) is 10.7. The van der Waals surface area contributed by atoms with Crippen LogP contribution < -0.4 is 16.0 Å². The molecular weight excluding hydrogens is 490 g/mol. The fourth-order valence-corrected chi connectivity index (χ4v) is 4.82. The second kappa shape index (κ2) is 12.1. The number of hydrogen-bond donors (Lipinski definition) is 4. The normalized spacial score (nSPS) is 11.4. The molecule has 3 aromatic rings. The number of phenols is 1. The van der Waals surface area contributed by atoms with Crippen LogP contribution in [0, 0.1) is 6.92 Å². The number of methoxy groups -OCH3 is 1. The van der Waals surface area contributed by atoms with Crippen LogP contribution in [-0.2, 0) is 16.0 Å². The quantitative estimate of drug-likeness (QED) is 0.307. The Hall–Kier alpha value is -3.70. The number of carbonyl (C=O) groups is 4. The highest BCUT2D eigenvalue weighted by atomic mass is 32.1. The molecular formula is C24H25N3O6S2. The van der Waals surface area contributed by atoms with Gasteiger partial charge in [0.25, 0.3) is 17.7 Å². The number of benzene rings is 1. The first-order valence-corrected chi connectivity index (χ1v) is 12.3. The van der Waals surface area contributed by atoms with Crippen LogP contribution in [0.25, 0.3) is 0 Å². The maximum absolute atomic E-state index is 12.9. The Morgan fingerprint density at radius 3 is 2.46 bits per heavy atom. The van der Waals surface area contributed by atoms with Gasteiger partial charge >= 0.3 is 5.97 Å². The van der Waals surface area contributed by atoms with Crippen molar-refractivity contribution < 1.29 is 29.0 Å². The average Bonchev–Trinajstić information content (AvgIpc) is 3.51. The van der Waals surface area contributed by atoms with Gasteiger partial charge in [-0.2, -0.15) is 0 Å². The zero-order chi connectivity index (χ0) is 25.4. The largest absolute Gasteiger partial charge is 0.508 e. The minimum absolute atomic E-state index is 0.151. The Morgan fingerprint density at radius 1 is 1.00 bits per heavy atom. The van der Waals surface area contributed by atoms with Crippen molar-refractivity contribution in [2.24, 2.45) is 0 Å². The maximum Gasteiger partial charge on any atom is 0.330 e. The highest BCUT2D eigenvalue weighted by molar-refractivity contribution is 7.16. The van der Waals surface area contributed by atoms with Gasteiger partial charge < -0.3 is 25.8 Å². The van der Waals surface area contributed by atoms with Crippen LogP contribution in [0.15, 0.2) is 47.8 Å². The SMILES string of the molecule is COC(=O)[C@H](CNC(=O)c1cccs1)NC(=O)c1sc(C(=O)NCCc2cccc(O)c2)cc1C. The fourth-order valence-electron chi connectivity index (χ4n) is 3.19. The average molecular weight is 516 g/mol. The molecule has 0 saturated carbocycles. The van der Waals surface area contributed by atoms with Crippen LogP contribution in [0.1, 0.15) is 40.1 Å². The Balaban J connectivity index is 1.59. The summed E-state index contributed by atoms with van der Waals surface area (Å²) >= 11 is 2.26. The van der Waals surface area contributed by atoms with Crippen molar-refractivity contribution in [2.45, 2.75) is 19.4 Å². The lowest BCUT2D eigenvalue weighted by Gasteiger charge is -2.16. The lowest BCUT2D eigenvalue weighted by atomic mass is 10.1. The Kier molecular flexibility index (Phi) is 8.98. The Morgan fingerprint density at radius 2 is 1.77 bits per heavy atom. The molecule has 0 unspecified atom stereocenters.